The first-order valence-electron chi connectivity index (χ1n) is 10.7. The molecule has 3 amide bonds. The van der Waals surface area contributed by atoms with E-state index in [1.165, 1.54) is 6.26 Å². The molecule has 1 fully saturated rings. The number of halogens is 1. The smallest absolute Gasteiger partial charge is 0.257 e. The van der Waals surface area contributed by atoms with Gasteiger partial charge in [0, 0.05) is 23.7 Å². The maximum absolute atomic E-state index is 12.9. The van der Waals surface area contributed by atoms with Gasteiger partial charge in [-0.25, -0.2) is 0 Å². The third-order valence-corrected chi connectivity index (χ3v) is 5.34. The fourth-order valence-corrected chi connectivity index (χ4v) is 3.17. The van der Waals surface area contributed by atoms with Crippen molar-refractivity contribution >= 4 is 35.0 Å². The summed E-state index contributed by atoms with van der Waals surface area (Å²) in [4.78, 5) is 37.7. The van der Waals surface area contributed by atoms with E-state index < -0.39 is 11.3 Å². The van der Waals surface area contributed by atoms with E-state index in [1.54, 1.807) is 36.4 Å². The molecular weight excluding hydrogens is 442 g/mol. The summed E-state index contributed by atoms with van der Waals surface area (Å²) in [6.45, 7) is 9.28. The van der Waals surface area contributed by atoms with E-state index in [2.05, 4.69) is 22.5 Å². The van der Waals surface area contributed by atoms with E-state index >= 15 is 0 Å². The van der Waals surface area contributed by atoms with Gasteiger partial charge in [-0.05, 0) is 48.7 Å². The second kappa shape index (κ2) is 10.1. The lowest BCUT2D eigenvalue weighted by atomic mass is 9.95. The van der Waals surface area contributed by atoms with Gasteiger partial charge in [0.25, 0.3) is 11.8 Å². The average Bonchev–Trinajstić information content (AvgIpc) is 3.57. The molecule has 0 unspecified atom stereocenters. The Kier molecular flexibility index (Phi) is 7.43. The minimum absolute atomic E-state index is 0.0951. The molecule has 0 heterocycles. The molecule has 33 heavy (non-hydrogen) atoms. The monoisotopic (exact) mass is 469 g/mol. The van der Waals surface area contributed by atoms with Crippen molar-refractivity contribution < 1.29 is 19.1 Å². The van der Waals surface area contributed by atoms with Gasteiger partial charge in [0.1, 0.15) is 5.75 Å². The number of carbonyl (C=O) groups is 3. The Morgan fingerprint density at radius 1 is 1.09 bits per heavy atom. The summed E-state index contributed by atoms with van der Waals surface area (Å²) in [5.41, 5.74) is 1.19. The van der Waals surface area contributed by atoms with Gasteiger partial charge in [-0.3, -0.25) is 14.4 Å². The Bertz CT molecular complexity index is 1090. The van der Waals surface area contributed by atoms with Crippen LogP contribution in [0.4, 0.5) is 5.69 Å². The summed E-state index contributed by atoms with van der Waals surface area (Å²) in [5.74, 6) is -0.465. The van der Waals surface area contributed by atoms with Crippen LogP contribution in [0.2, 0.25) is 5.02 Å². The standard InChI is InChI=1S/C25H28ClN3O4/c1-5-33-21-11-9-17(13-19(21)23(31)28-16-7-8-16)29-22(30)18-12-15(6-10-20(18)26)14-27-24(32)25(2,3)4/h5-6,9-13,16H,1,7-8,14H2,2-4H3,(H,27,32)(H,28,31)(H,29,30). The second-order valence-corrected chi connectivity index (χ2v) is 9.35. The Morgan fingerprint density at radius 2 is 1.82 bits per heavy atom. The SMILES string of the molecule is C=COc1ccc(NC(=O)c2cc(CNC(=O)C(C)(C)C)ccc2Cl)cc1C(=O)NC1CC1. The fraction of sp³-hybridized carbons (Fsp3) is 0.320. The third kappa shape index (κ3) is 6.58. The zero-order valence-electron chi connectivity index (χ0n) is 19.0. The molecule has 174 valence electrons. The van der Waals surface area contributed by atoms with Crippen molar-refractivity contribution in [1.82, 2.24) is 10.6 Å². The Morgan fingerprint density at radius 3 is 2.45 bits per heavy atom. The summed E-state index contributed by atoms with van der Waals surface area (Å²) < 4.78 is 5.34. The van der Waals surface area contributed by atoms with E-state index in [0.29, 0.717) is 17.0 Å². The molecule has 0 radical (unpaired) electrons. The minimum Gasteiger partial charge on any atom is -0.465 e. The van der Waals surface area contributed by atoms with Crippen molar-refractivity contribution in [3.63, 3.8) is 0 Å². The van der Waals surface area contributed by atoms with Crippen LogP contribution in [0.5, 0.6) is 5.75 Å². The van der Waals surface area contributed by atoms with Gasteiger partial charge in [-0.2, -0.15) is 0 Å². The van der Waals surface area contributed by atoms with Crippen molar-refractivity contribution in [1.29, 1.82) is 0 Å². The molecule has 0 spiro atoms. The number of rotatable bonds is 8. The van der Waals surface area contributed by atoms with Crippen molar-refractivity contribution in [2.24, 2.45) is 5.41 Å². The largest absolute Gasteiger partial charge is 0.465 e. The van der Waals surface area contributed by atoms with E-state index in [1.807, 2.05) is 20.8 Å². The lowest BCUT2D eigenvalue weighted by Crippen LogP contribution is -2.34. The molecule has 2 aromatic rings. The summed E-state index contributed by atoms with van der Waals surface area (Å²) in [6, 6.07) is 9.96. The van der Waals surface area contributed by atoms with E-state index in [4.69, 9.17) is 16.3 Å². The first-order valence-corrected chi connectivity index (χ1v) is 11.1. The van der Waals surface area contributed by atoms with Crippen molar-refractivity contribution in [2.75, 3.05) is 5.32 Å². The number of carbonyl (C=O) groups excluding carboxylic acids is 3. The van der Waals surface area contributed by atoms with E-state index in [9.17, 15) is 14.4 Å². The predicted molar refractivity (Wildman–Crippen MR) is 128 cm³/mol. The van der Waals surface area contributed by atoms with Gasteiger partial charge in [-0.15, -0.1) is 0 Å². The average molecular weight is 470 g/mol. The molecule has 1 aliphatic rings. The van der Waals surface area contributed by atoms with Crippen LogP contribution in [0.3, 0.4) is 0 Å². The highest BCUT2D eigenvalue weighted by Crippen LogP contribution is 2.27. The van der Waals surface area contributed by atoms with Crippen LogP contribution >= 0.6 is 11.6 Å². The van der Waals surface area contributed by atoms with Gasteiger partial charge >= 0.3 is 0 Å². The molecule has 0 bridgehead atoms. The minimum atomic E-state index is -0.516. The van der Waals surface area contributed by atoms with Crippen LogP contribution in [0.1, 0.15) is 59.9 Å². The van der Waals surface area contributed by atoms with Crippen LogP contribution in [-0.2, 0) is 11.3 Å². The lowest BCUT2D eigenvalue weighted by Gasteiger charge is -2.18. The number of hydrogen-bond acceptors (Lipinski definition) is 4. The number of ether oxygens (including phenoxy) is 1. The zero-order valence-corrected chi connectivity index (χ0v) is 19.7. The summed E-state index contributed by atoms with van der Waals surface area (Å²) in [7, 11) is 0. The first-order chi connectivity index (χ1) is 15.6. The van der Waals surface area contributed by atoms with Crippen molar-refractivity contribution in [3.05, 3.63) is 71.0 Å². The highest BCUT2D eigenvalue weighted by molar-refractivity contribution is 6.34. The van der Waals surface area contributed by atoms with Crippen LogP contribution < -0.4 is 20.7 Å². The molecule has 3 rings (SSSR count). The highest BCUT2D eigenvalue weighted by Gasteiger charge is 2.26. The molecule has 1 aliphatic carbocycles. The Hall–Kier alpha value is -3.32. The Labute approximate surface area is 198 Å². The predicted octanol–water partition coefficient (Wildman–Crippen LogP) is 4.67. The van der Waals surface area contributed by atoms with Crippen LogP contribution in [0.15, 0.2) is 49.2 Å². The summed E-state index contributed by atoms with van der Waals surface area (Å²) in [6.07, 6.45) is 3.14. The maximum Gasteiger partial charge on any atom is 0.257 e. The number of amides is 3. The van der Waals surface area contributed by atoms with Crippen LogP contribution in [0, 0.1) is 5.41 Å². The fourth-order valence-electron chi connectivity index (χ4n) is 2.97. The van der Waals surface area contributed by atoms with Gasteiger partial charge in [0.05, 0.1) is 22.4 Å². The zero-order chi connectivity index (χ0) is 24.2. The number of nitrogens with one attached hydrogen (secondary N) is 3. The molecule has 0 saturated heterocycles. The summed E-state index contributed by atoms with van der Waals surface area (Å²) >= 11 is 6.26. The molecular formula is C25H28ClN3O4. The molecule has 0 atom stereocenters. The number of anilines is 1. The van der Waals surface area contributed by atoms with E-state index in [0.717, 1.165) is 18.4 Å². The molecule has 3 N–H and O–H groups in total. The van der Waals surface area contributed by atoms with Gasteiger partial charge in [0.2, 0.25) is 5.91 Å². The highest BCUT2D eigenvalue weighted by atomic mass is 35.5. The molecule has 1 saturated carbocycles. The van der Waals surface area contributed by atoms with Gasteiger partial charge < -0.3 is 20.7 Å². The molecule has 8 heteroatoms. The number of benzene rings is 2. The molecule has 0 aliphatic heterocycles. The van der Waals surface area contributed by atoms with E-state index in [-0.39, 0.29) is 35.0 Å². The first kappa shape index (κ1) is 24.3. The van der Waals surface area contributed by atoms with Crippen LogP contribution in [-0.4, -0.2) is 23.8 Å². The quantitative estimate of drug-likeness (QED) is 0.489. The second-order valence-electron chi connectivity index (χ2n) is 8.94. The van der Waals surface area contributed by atoms with Gasteiger partial charge in [0.15, 0.2) is 0 Å². The lowest BCUT2D eigenvalue weighted by molar-refractivity contribution is -0.128. The van der Waals surface area contributed by atoms with Crippen LogP contribution in [0.25, 0.3) is 0 Å². The third-order valence-electron chi connectivity index (χ3n) is 5.01. The molecule has 7 nitrogen and oxygen atoms in total. The molecule has 2 aromatic carbocycles. The number of hydrogen-bond donors (Lipinski definition) is 3. The normalized spacial score (nSPS) is 13.1. The molecule has 0 aromatic heterocycles. The maximum atomic E-state index is 12.9. The topological polar surface area (TPSA) is 96.5 Å². The summed E-state index contributed by atoms with van der Waals surface area (Å²) in [5, 5.41) is 8.81. The van der Waals surface area contributed by atoms with Crippen molar-refractivity contribution in [2.45, 2.75) is 46.2 Å². The van der Waals surface area contributed by atoms with Crippen molar-refractivity contribution in [3.8, 4) is 5.75 Å². The van der Waals surface area contributed by atoms with Gasteiger partial charge in [-0.1, -0.05) is 45.0 Å². The Balaban J connectivity index is 1.76.